The van der Waals surface area contributed by atoms with Crippen LogP contribution in [-0.4, -0.2) is 57.6 Å². The van der Waals surface area contributed by atoms with Crippen molar-refractivity contribution >= 4 is 24.1 Å². The zero-order valence-corrected chi connectivity index (χ0v) is 20.8. The Bertz CT molecular complexity index is 726. The van der Waals surface area contributed by atoms with Gasteiger partial charge in [0.1, 0.15) is 11.2 Å². The lowest BCUT2D eigenvalue weighted by Crippen LogP contribution is -2.45. The Morgan fingerprint density at radius 2 is 0.941 bits per heavy atom. The molecule has 0 heterocycles. The molecule has 2 amide bonds. The van der Waals surface area contributed by atoms with Gasteiger partial charge in [0, 0.05) is 12.1 Å². The number of hydrogen-bond acceptors (Lipinski definition) is 6. The number of amides is 2. The summed E-state index contributed by atoms with van der Waals surface area (Å²) in [6.07, 6.45) is 8.20. The molecule has 0 fully saturated rings. The molecule has 0 aromatic heterocycles. The van der Waals surface area contributed by atoms with Crippen molar-refractivity contribution < 1.29 is 38.9 Å². The fourth-order valence-corrected chi connectivity index (χ4v) is 3.41. The Morgan fingerprint density at radius 3 is 1.21 bits per heavy atom. The largest absolute Gasteiger partial charge is 0.481 e. The standard InChI is InChI=1S/2C12H19NO4/c2*1-12(2,3)17-11(16)13-9-7-5-4-6-8(9)10(14)15/h2*4-5,8-9H,6-7H2,1-3H3,(H,13,16)(H,14,15)/t2*8-,9-/m10/s1. The van der Waals surface area contributed by atoms with Gasteiger partial charge in [-0.1, -0.05) is 24.3 Å². The molecule has 192 valence electrons. The van der Waals surface area contributed by atoms with Gasteiger partial charge < -0.3 is 30.3 Å². The van der Waals surface area contributed by atoms with Crippen molar-refractivity contribution in [3.05, 3.63) is 24.3 Å². The summed E-state index contributed by atoms with van der Waals surface area (Å²) in [4.78, 5) is 45.1. The summed E-state index contributed by atoms with van der Waals surface area (Å²) >= 11 is 0. The van der Waals surface area contributed by atoms with Gasteiger partial charge in [0.05, 0.1) is 11.8 Å². The van der Waals surface area contributed by atoms with Crippen molar-refractivity contribution in [3.8, 4) is 0 Å². The predicted molar refractivity (Wildman–Crippen MR) is 125 cm³/mol. The van der Waals surface area contributed by atoms with Crippen LogP contribution in [0.25, 0.3) is 0 Å². The third-order valence-corrected chi connectivity index (χ3v) is 4.90. The lowest BCUT2D eigenvalue weighted by atomic mass is 9.89. The number of hydrogen-bond donors (Lipinski definition) is 4. The van der Waals surface area contributed by atoms with Crippen LogP contribution in [-0.2, 0) is 19.1 Å². The molecule has 0 aromatic rings. The topological polar surface area (TPSA) is 151 Å². The second kappa shape index (κ2) is 12.4. The summed E-state index contributed by atoms with van der Waals surface area (Å²) in [5.74, 6) is -2.94. The summed E-state index contributed by atoms with van der Waals surface area (Å²) in [5.41, 5.74) is -1.15. The molecule has 0 aliphatic heterocycles. The molecule has 0 saturated carbocycles. The normalized spacial score (nSPS) is 24.2. The number of ether oxygens (including phenoxy) is 2. The highest BCUT2D eigenvalue weighted by Gasteiger charge is 2.32. The molecule has 10 heteroatoms. The Hall–Kier alpha value is -3.04. The van der Waals surface area contributed by atoms with Gasteiger partial charge in [-0.25, -0.2) is 9.59 Å². The molecule has 0 saturated heterocycles. The molecule has 0 bridgehead atoms. The van der Waals surface area contributed by atoms with Crippen LogP contribution in [0.3, 0.4) is 0 Å². The van der Waals surface area contributed by atoms with Crippen molar-refractivity contribution in [2.75, 3.05) is 0 Å². The Morgan fingerprint density at radius 1 is 0.647 bits per heavy atom. The lowest BCUT2D eigenvalue weighted by Gasteiger charge is -2.28. The van der Waals surface area contributed by atoms with Crippen LogP contribution >= 0.6 is 0 Å². The van der Waals surface area contributed by atoms with E-state index in [1.165, 1.54) is 0 Å². The van der Waals surface area contributed by atoms with Crippen molar-refractivity contribution in [1.82, 2.24) is 10.6 Å². The van der Waals surface area contributed by atoms with Crippen LogP contribution in [0.4, 0.5) is 9.59 Å². The van der Waals surface area contributed by atoms with Gasteiger partial charge in [-0.05, 0) is 67.2 Å². The summed E-state index contributed by atoms with van der Waals surface area (Å²) in [6, 6.07) is -0.792. The van der Waals surface area contributed by atoms with Crippen molar-refractivity contribution in [1.29, 1.82) is 0 Å². The maximum atomic E-state index is 11.5. The molecule has 34 heavy (non-hydrogen) atoms. The fourth-order valence-electron chi connectivity index (χ4n) is 3.41. The lowest BCUT2D eigenvalue weighted by molar-refractivity contribution is -0.143. The minimum Gasteiger partial charge on any atom is -0.481 e. The molecule has 4 N–H and O–H groups in total. The maximum Gasteiger partial charge on any atom is 0.407 e. The summed E-state index contributed by atoms with van der Waals surface area (Å²) < 4.78 is 10.2. The number of carboxylic acids is 2. The van der Waals surface area contributed by atoms with Gasteiger partial charge in [-0.15, -0.1) is 0 Å². The summed E-state index contributed by atoms with van der Waals surface area (Å²) in [5, 5.41) is 23.3. The molecule has 10 nitrogen and oxygen atoms in total. The van der Waals surface area contributed by atoms with Crippen molar-refractivity contribution in [2.24, 2.45) is 11.8 Å². The number of nitrogens with one attached hydrogen (secondary N) is 2. The fraction of sp³-hybridized carbons (Fsp3) is 0.667. The van der Waals surface area contributed by atoms with E-state index < -0.39 is 59.2 Å². The average Bonchev–Trinajstić information content (AvgIpc) is 2.66. The van der Waals surface area contributed by atoms with E-state index in [2.05, 4.69) is 10.6 Å². The zero-order chi connectivity index (χ0) is 26.1. The second-order valence-corrected chi connectivity index (χ2v) is 10.3. The third-order valence-electron chi connectivity index (χ3n) is 4.90. The maximum absolute atomic E-state index is 11.5. The third kappa shape index (κ3) is 11.2. The monoisotopic (exact) mass is 482 g/mol. The molecule has 0 spiro atoms. The summed E-state index contributed by atoms with van der Waals surface area (Å²) in [7, 11) is 0. The minimum absolute atomic E-state index is 0.396. The number of rotatable bonds is 4. The van der Waals surface area contributed by atoms with Crippen LogP contribution in [0.5, 0.6) is 0 Å². The highest BCUT2D eigenvalue weighted by molar-refractivity contribution is 5.75. The molecule has 2 rings (SSSR count). The van der Waals surface area contributed by atoms with Gasteiger partial charge in [-0.2, -0.15) is 0 Å². The van der Waals surface area contributed by atoms with Crippen LogP contribution < -0.4 is 10.6 Å². The SMILES string of the molecule is CC(C)(C)OC(=O)N[C@@H]1CC=CC[C@H]1C(=O)O.CC(C)(C)OC(=O)N[C@H]1CC=CC[C@@H]1C(=O)O. The number of aliphatic carboxylic acids is 2. The van der Waals surface area contributed by atoms with E-state index in [0.717, 1.165) is 0 Å². The molecule has 2 aliphatic rings. The van der Waals surface area contributed by atoms with Crippen LogP contribution in [0.1, 0.15) is 67.2 Å². The smallest absolute Gasteiger partial charge is 0.407 e. The van der Waals surface area contributed by atoms with E-state index in [0.29, 0.717) is 25.7 Å². The first-order valence-corrected chi connectivity index (χ1v) is 11.3. The van der Waals surface area contributed by atoms with Crippen molar-refractivity contribution in [2.45, 2.75) is 90.5 Å². The van der Waals surface area contributed by atoms with E-state index in [4.69, 9.17) is 19.7 Å². The highest BCUT2D eigenvalue weighted by Crippen LogP contribution is 2.21. The average molecular weight is 483 g/mol. The van der Waals surface area contributed by atoms with E-state index in [1.807, 2.05) is 24.3 Å². The number of alkyl carbamates (subject to hydrolysis) is 2. The highest BCUT2D eigenvalue weighted by atomic mass is 16.6. The molecule has 0 radical (unpaired) electrons. The van der Waals surface area contributed by atoms with Crippen LogP contribution in [0.2, 0.25) is 0 Å². The molecule has 4 atom stereocenters. The van der Waals surface area contributed by atoms with E-state index >= 15 is 0 Å². The molecule has 2 aliphatic carbocycles. The summed E-state index contributed by atoms with van der Waals surface area (Å²) in [6.45, 7) is 10.6. The van der Waals surface area contributed by atoms with Crippen LogP contribution in [0, 0.1) is 11.8 Å². The molecule has 0 unspecified atom stereocenters. The van der Waals surface area contributed by atoms with Crippen molar-refractivity contribution in [3.63, 3.8) is 0 Å². The van der Waals surface area contributed by atoms with Gasteiger partial charge in [0.15, 0.2) is 0 Å². The van der Waals surface area contributed by atoms with Crippen LogP contribution in [0.15, 0.2) is 24.3 Å². The zero-order valence-electron chi connectivity index (χ0n) is 20.8. The van der Waals surface area contributed by atoms with Gasteiger partial charge in [-0.3, -0.25) is 9.59 Å². The quantitative estimate of drug-likeness (QED) is 0.441. The number of carbonyl (C=O) groups excluding carboxylic acids is 2. The Labute approximate surface area is 200 Å². The van der Waals surface area contributed by atoms with E-state index in [-0.39, 0.29) is 0 Å². The minimum atomic E-state index is -0.893. The Kier molecular flexibility index (Phi) is 10.6. The van der Waals surface area contributed by atoms with Gasteiger partial charge >= 0.3 is 24.1 Å². The first kappa shape index (κ1) is 29.0. The van der Waals surface area contributed by atoms with Gasteiger partial charge in [0.25, 0.3) is 0 Å². The predicted octanol–water partition coefficient (Wildman–Crippen LogP) is 3.86. The molecular formula is C24H38N2O8. The number of allylic oxidation sites excluding steroid dienone is 2. The Balaban J connectivity index is 0.000000340. The second-order valence-electron chi connectivity index (χ2n) is 10.3. The van der Waals surface area contributed by atoms with E-state index in [9.17, 15) is 19.2 Å². The molecular weight excluding hydrogens is 444 g/mol. The number of carbonyl (C=O) groups is 4. The number of carboxylic acid groups (broad SMARTS) is 2. The van der Waals surface area contributed by atoms with Gasteiger partial charge in [0.2, 0.25) is 0 Å². The first-order valence-electron chi connectivity index (χ1n) is 11.3. The first-order chi connectivity index (χ1) is 15.6. The molecule has 0 aromatic carbocycles. The van der Waals surface area contributed by atoms with E-state index in [1.54, 1.807) is 41.5 Å².